The highest BCUT2D eigenvalue weighted by molar-refractivity contribution is 7.13. The number of hydrogen-bond donors (Lipinski definition) is 2. The zero-order valence-electron chi connectivity index (χ0n) is 8.91. The van der Waals surface area contributed by atoms with Crippen LogP contribution in [0.2, 0.25) is 0 Å². The molecule has 0 atom stereocenters. The highest BCUT2D eigenvalue weighted by Gasteiger charge is 2.32. The highest BCUT2D eigenvalue weighted by atomic mass is 32.1. The molecule has 15 heavy (non-hydrogen) atoms. The minimum Gasteiger partial charge on any atom is -0.289 e. The average molecular weight is 225 g/mol. The van der Waals surface area contributed by atoms with Gasteiger partial charge in [-0.2, -0.15) is 0 Å². The van der Waals surface area contributed by atoms with Crippen molar-refractivity contribution in [2.45, 2.75) is 38.5 Å². The minimum atomic E-state index is -0.207. The summed E-state index contributed by atoms with van der Waals surface area (Å²) in [5.74, 6) is 5.81. The zero-order valence-corrected chi connectivity index (χ0v) is 9.73. The van der Waals surface area contributed by atoms with E-state index in [2.05, 4.69) is 24.3 Å². The molecule has 82 valence electrons. The first-order valence-electron chi connectivity index (χ1n) is 5.15. The molecule has 1 amide bonds. The average Bonchev–Trinajstić information content (AvgIpc) is 2.96. The number of nitrogens with two attached hydrogens (primary N) is 1. The van der Waals surface area contributed by atoms with E-state index in [4.69, 9.17) is 5.84 Å². The Bertz CT molecular complexity index is 382. The number of nitrogen functional groups attached to an aromatic ring is 1. The van der Waals surface area contributed by atoms with E-state index < -0.39 is 0 Å². The minimum absolute atomic E-state index is 0.207. The van der Waals surface area contributed by atoms with E-state index in [1.807, 2.05) is 0 Å². The molecular formula is C10H15N3OS. The van der Waals surface area contributed by atoms with Gasteiger partial charge in [-0.25, -0.2) is 10.8 Å². The number of nitrogens with zero attached hydrogens (tertiary/aromatic N) is 1. The normalized spacial score (nSPS) is 15.7. The number of nitrogens with one attached hydrogen (secondary N) is 1. The van der Waals surface area contributed by atoms with Crippen molar-refractivity contribution in [3.8, 4) is 0 Å². The van der Waals surface area contributed by atoms with Crippen LogP contribution in [0.1, 0.15) is 58.9 Å². The van der Waals surface area contributed by atoms with Crippen molar-refractivity contribution >= 4 is 17.2 Å². The largest absolute Gasteiger partial charge is 0.289 e. The predicted octanol–water partition coefficient (Wildman–Crippen LogP) is 1.75. The first kappa shape index (κ1) is 10.6. The lowest BCUT2D eigenvalue weighted by Gasteiger charge is -1.97. The van der Waals surface area contributed by atoms with Crippen molar-refractivity contribution in [3.05, 3.63) is 15.6 Å². The van der Waals surface area contributed by atoms with Crippen LogP contribution in [0, 0.1) is 0 Å². The van der Waals surface area contributed by atoms with Crippen LogP contribution in [0.15, 0.2) is 0 Å². The van der Waals surface area contributed by atoms with Crippen molar-refractivity contribution in [2.75, 3.05) is 0 Å². The van der Waals surface area contributed by atoms with E-state index in [0.29, 0.717) is 16.7 Å². The van der Waals surface area contributed by atoms with E-state index in [-0.39, 0.29) is 5.91 Å². The summed E-state index contributed by atoms with van der Waals surface area (Å²) in [5.41, 5.74) is 3.14. The lowest BCUT2D eigenvalue weighted by Crippen LogP contribution is -2.30. The number of carbonyl (C=O) groups excluding carboxylic acids is 1. The second kappa shape index (κ2) is 3.90. The molecule has 2 rings (SSSR count). The van der Waals surface area contributed by atoms with Crippen molar-refractivity contribution in [1.82, 2.24) is 10.4 Å². The van der Waals surface area contributed by atoms with Crippen LogP contribution in [0.5, 0.6) is 0 Å². The fourth-order valence-electron chi connectivity index (χ4n) is 1.46. The summed E-state index contributed by atoms with van der Waals surface area (Å²) in [6, 6.07) is 0. The SMILES string of the molecule is CC(C)c1nc(C2CC2)c(C(=O)NN)s1. The summed E-state index contributed by atoms with van der Waals surface area (Å²) in [6.07, 6.45) is 2.29. The molecule has 1 fully saturated rings. The third-order valence-corrected chi connectivity index (χ3v) is 3.84. The maximum atomic E-state index is 11.5. The van der Waals surface area contributed by atoms with Crippen LogP contribution in [0.3, 0.4) is 0 Å². The number of thiazole rings is 1. The molecule has 0 aliphatic heterocycles. The molecule has 1 aliphatic rings. The monoisotopic (exact) mass is 225 g/mol. The van der Waals surface area contributed by atoms with Gasteiger partial charge in [-0.3, -0.25) is 10.2 Å². The van der Waals surface area contributed by atoms with Crippen LogP contribution < -0.4 is 11.3 Å². The molecule has 0 saturated heterocycles. The van der Waals surface area contributed by atoms with Gasteiger partial charge in [0.25, 0.3) is 5.91 Å². The molecule has 0 bridgehead atoms. The fraction of sp³-hybridized carbons (Fsp3) is 0.600. The molecule has 1 aliphatic carbocycles. The molecule has 0 aromatic carbocycles. The number of carbonyl (C=O) groups is 1. The number of rotatable bonds is 3. The molecule has 3 N–H and O–H groups in total. The molecule has 0 unspecified atom stereocenters. The standard InChI is InChI=1S/C10H15N3OS/c1-5(2)10-12-7(6-3-4-6)8(15-10)9(14)13-11/h5-6H,3-4,11H2,1-2H3,(H,13,14). The Morgan fingerprint density at radius 1 is 1.60 bits per heavy atom. The van der Waals surface area contributed by atoms with E-state index in [9.17, 15) is 4.79 Å². The number of aromatic nitrogens is 1. The van der Waals surface area contributed by atoms with E-state index >= 15 is 0 Å². The Morgan fingerprint density at radius 3 is 2.73 bits per heavy atom. The van der Waals surface area contributed by atoms with Gasteiger partial charge in [-0.15, -0.1) is 11.3 Å². The van der Waals surface area contributed by atoms with Gasteiger partial charge in [0, 0.05) is 11.8 Å². The Hall–Kier alpha value is -0.940. The van der Waals surface area contributed by atoms with Crippen molar-refractivity contribution in [3.63, 3.8) is 0 Å². The topological polar surface area (TPSA) is 68.0 Å². The summed E-state index contributed by atoms with van der Waals surface area (Å²) >= 11 is 1.47. The maximum absolute atomic E-state index is 11.5. The predicted molar refractivity (Wildman–Crippen MR) is 59.8 cm³/mol. The molecule has 1 heterocycles. The van der Waals surface area contributed by atoms with Crippen molar-refractivity contribution < 1.29 is 4.79 Å². The second-order valence-electron chi connectivity index (χ2n) is 4.17. The third kappa shape index (κ3) is 2.03. The number of amides is 1. The molecule has 1 aromatic rings. The van der Waals surface area contributed by atoms with Crippen LogP contribution in [0.25, 0.3) is 0 Å². The van der Waals surface area contributed by atoms with Gasteiger partial charge in [0.05, 0.1) is 10.7 Å². The van der Waals surface area contributed by atoms with Crippen molar-refractivity contribution in [1.29, 1.82) is 0 Å². The van der Waals surface area contributed by atoms with E-state index in [1.165, 1.54) is 11.3 Å². The van der Waals surface area contributed by atoms with Gasteiger partial charge in [-0.1, -0.05) is 13.8 Å². The molecule has 1 aromatic heterocycles. The van der Waals surface area contributed by atoms with E-state index in [0.717, 1.165) is 23.5 Å². The van der Waals surface area contributed by atoms with Gasteiger partial charge < -0.3 is 0 Å². The quantitative estimate of drug-likeness (QED) is 0.468. The number of hydrogen-bond acceptors (Lipinski definition) is 4. The zero-order chi connectivity index (χ0) is 11.0. The molecule has 0 spiro atoms. The highest BCUT2D eigenvalue weighted by Crippen LogP contribution is 2.43. The van der Waals surface area contributed by atoms with Crippen LogP contribution in [-0.2, 0) is 0 Å². The van der Waals surface area contributed by atoms with Gasteiger partial charge >= 0.3 is 0 Å². The first-order valence-corrected chi connectivity index (χ1v) is 5.96. The molecule has 1 saturated carbocycles. The van der Waals surface area contributed by atoms with Gasteiger partial charge in [0.2, 0.25) is 0 Å². The molecule has 0 radical (unpaired) electrons. The Morgan fingerprint density at radius 2 is 2.27 bits per heavy atom. The number of hydrazine groups is 1. The van der Waals surface area contributed by atoms with E-state index in [1.54, 1.807) is 0 Å². The summed E-state index contributed by atoms with van der Waals surface area (Å²) in [4.78, 5) is 16.8. The maximum Gasteiger partial charge on any atom is 0.277 e. The first-order chi connectivity index (χ1) is 7.13. The van der Waals surface area contributed by atoms with Gasteiger partial charge in [-0.05, 0) is 12.8 Å². The van der Waals surface area contributed by atoms with Crippen LogP contribution in [0.4, 0.5) is 0 Å². The second-order valence-corrected chi connectivity index (χ2v) is 5.20. The van der Waals surface area contributed by atoms with Crippen molar-refractivity contribution in [2.24, 2.45) is 5.84 Å². The molecule has 5 heteroatoms. The smallest absolute Gasteiger partial charge is 0.277 e. The third-order valence-electron chi connectivity index (χ3n) is 2.47. The Kier molecular flexibility index (Phi) is 2.75. The van der Waals surface area contributed by atoms with Crippen LogP contribution in [-0.4, -0.2) is 10.9 Å². The molecular weight excluding hydrogens is 210 g/mol. The van der Waals surface area contributed by atoms with Crippen LogP contribution >= 0.6 is 11.3 Å². The fourth-order valence-corrected chi connectivity index (χ4v) is 2.52. The summed E-state index contributed by atoms with van der Waals surface area (Å²) in [5, 5.41) is 1.02. The summed E-state index contributed by atoms with van der Waals surface area (Å²) < 4.78 is 0. The lowest BCUT2D eigenvalue weighted by atomic mass is 10.2. The van der Waals surface area contributed by atoms with Gasteiger partial charge in [0.15, 0.2) is 0 Å². The summed E-state index contributed by atoms with van der Waals surface area (Å²) in [6.45, 7) is 4.17. The summed E-state index contributed by atoms with van der Waals surface area (Å²) in [7, 11) is 0. The Labute approximate surface area is 92.9 Å². The Balaban J connectivity index is 2.37. The lowest BCUT2D eigenvalue weighted by molar-refractivity contribution is 0.0956. The van der Waals surface area contributed by atoms with Gasteiger partial charge in [0.1, 0.15) is 4.88 Å². The molecule has 4 nitrogen and oxygen atoms in total.